The maximum absolute atomic E-state index is 13.3. The van der Waals surface area contributed by atoms with Gasteiger partial charge in [0.1, 0.15) is 10.8 Å². The van der Waals surface area contributed by atoms with Gasteiger partial charge >= 0.3 is 0 Å². The summed E-state index contributed by atoms with van der Waals surface area (Å²) >= 11 is 12.6. The molecule has 1 aliphatic heterocycles. The molecule has 0 spiro atoms. The molecule has 30 heavy (non-hydrogen) atoms. The summed E-state index contributed by atoms with van der Waals surface area (Å²) in [6.45, 7) is 4.25. The minimum atomic E-state index is -0.349. The van der Waals surface area contributed by atoms with Gasteiger partial charge in [-0.2, -0.15) is 0 Å². The average Bonchev–Trinajstić information content (AvgIpc) is 2.94. The van der Waals surface area contributed by atoms with Crippen LogP contribution in [-0.2, 0) is 13.6 Å². The largest absolute Gasteiger partial charge is 0.293 e. The number of nitrogens with zero attached hydrogens (tertiary/aromatic N) is 3. The van der Waals surface area contributed by atoms with Crippen molar-refractivity contribution in [1.29, 1.82) is 0 Å². The minimum absolute atomic E-state index is 0.197. The fourth-order valence-corrected chi connectivity index (χ4v) is 4.35. The molecule has 0 bridgehead atoms. The van der Waals surface area contributed by atoms with E-state index in [2.05, 4.69) is 17.9 Å². The molecular weight excluding hydrogens is 424 g/mol. The summed E-state index contributed by atoms with van der Waals surface area (Å²) in [5.41, 5.74) is 4.70. The third-order valence-electron chi connectivity index (χ3n) is 5.61. The van der Waals surface area contributed by atoms with Gasteiger partial charge in [0.15, 0.2) is 0 Å². The van der Waals surface area contributed by atoms with E-state index in [4.69, 9.17) is 23.2 Å². The van der Waals surface area contributed by atoms with Crippen LogP contribution in [0.4, 0.5) is 4.39 Å². The first-order chi connectivity index (χ1) is 14.3. The van der Waals surface area contributed by atoms with Crippen LogP contribution in [0.3, 0.4) is 0 Å². The first-order valence-electron chi connectivity index (χ1n) is 9.75. The molecule has 7 heteroatoms. The minimum Gasteiger partial charge on any atom is -0.293 e. The second-order valence-corrected chi connectivity index (χ2v) is 8.37. The van der Waals surface area contributed by atoms with Crippen molar-refractivity contribution in [1.82, 2.24) is 14.3 Å². The van der Waals surface area contributed by atoms with Crippen molar-refractivity contribution < 1.29 is 4.39 Å². The lowest BCUT2D eigenvalue weighted by Crippen LogP contribution is -2.29. The summed E-state index contributed by atoms with van der Waals surface area (Å²) in [7, 11) is 1.80. The summed E-state index contributed by atoms with van der Waals surface area (Å²) in [5.74, 6) is -0.349. The van der Waals surface area contributed by atoms with Crippen LogP contribution in [0.5, 0.6) is 0 Å². The van der Waals surface area contributed by atoms with E-state index in [0.29, 0.717) is 12.2 Å². The molecule has 2 heterocycles. The molecule has 0 amide bonds. The SMILES string of the molecule is Cc1ccc(Cl)cc1C1=CCN(Cc2c(Cl)c(=O)n(-c3ccc(F)cc3)n2C)CC1. The highest BCUT2D eigenvalue weighted by Crippen LogP contribution is 2.28. The fraction of sp³-hybridized carbons (Fsp3) is 0.261. The van der Waals surface area contributed by atoms with Gasteiger partial charge < -0.3 is 0 Å². The Labute approximate surface area is 184 Å². The van der Waals surface area contributed by atoms with Gasteiger partial charge in [0, 0.05) is 31.7 Å². The molecule has 3 aromatic rings. The van der Waals surface area contributed by atoms with Crippen LogP contribution >= 0.6 is 23.2 Å². The molecule has 0 radical (unpaired) electrons. The summed E-state index contributed by atoms with van der Waals surface area (Å²) in [5, 5.41) is 0.935. The standard InChI is InChI=1S/C23H22Cl2FN3O/c1-15-3-4-17(24)13-20(15)16-9-11-28(12-10-16)14-21-22(25)23(30)29(27(21)2)19-7-5-18(26)6-8-19/h3-9,13H,10-12,14H2,1-2H3. The van der Waals surface area contributed by atoms with E-state index in [0.717, 1.165) is 30.2 Å². The van der Waals surface area contributed by atoms with Crippen molar-refractivity contribution in [2.45, 2.75) is 19.9 Å². The van der Waals surface area contributed by atoms with E-state index >= 15 is 0 Å². The van der Waals surface area contributed by atoms with Crippen LogP contribution in [0.15, 0.2) is 53.3 Å². The van der Waals surface area contributed by atoms with Gasteiger partial charge in [-0.15, -0.1) is 0 Å². The Morgan fingerprint density at radius 3 is 2.50 bits per heavy atom. The Bertz CT molecular complexity index is 1180. The van der Waals surface area contributed by atoms with Crippen molar-refractivity contribution >= 4 is 28.8 Å². The molecule has 0 unspecified atom stereocenters. The molecule has 0 aliphatic carbocycles. The summed E-state index contributed by atoms with van der Waals surface area (Å²) in [6.07, 6.45) is 3.11. The predicted molar refractivity (Wildman–Crippen MR) is 120 cm³/mol. The van der Waals surface area contributed by atoms with Gasteiger partial charge in [0.05, 0.1) is 11.4 Å². The average molecular weight is 446 g/mol. The predicted octanol–water partition coefficient (Wildman–Crippen LogP) is 5.22. The van der Waals surface area contributed by atoms with Crippen molar-refractivity contribution in [3.63, 3.8) is 0 Å². The highest BCUT2D eigenvalue weighted by molar-refractivity contribution is 6.31. The Hall–Kier alpha value is -2.34. The molecule has 1 aromatic heterocycles. The Morgan fingerprint density at radius 2 is 1.83 bits per heavy atom. The molecule has 0 saturated heterocycles. The third-order valence-corrected chi connectivity index (χ3v) is 6.22. The van der Waals surface area contributed by atoms with Gasteiger partial charge in [0.2, 0.25) is 0 Å². The number of benzene rings is 2. The van der Waals surface area contributed by atoms with E-state index in [1.807, 2.05) is 18.2 Å². The Balaban J connectivity index is 1.57. The summed E-state index contributed by atoms with van der Waals surface area (Å²) in [4.78, 5) is 15.0. The zero-order valence-corrected chi connectivity index (χ0v) is 18.3. The van der Waals surface area contributed by atoms with Crippen molar-refractivity contribution in [3.05, 3.63) is 91.6 Å². The first-order valence-corrected chi connectivity index (χ1v) is 10.5. The van der Waals surface area contributed by atoms with Crippen LogP contribution in [0.2, 0.25) is 10.0 Å². The lowest BCUT2D eigenvalue weighted by atomic mass is 9.95. The lowest BCUT2D eigenvalue weighted by molar-refractivity contribution is 0.284. The van der Waals surface area contributed by atoms with E-state index in [9.17, 15) is 9.18 Å². The van der Waals surface area contributed by atoms with Gasteiger partial charge in [-0.1, -0.05) is 35.3 Å². The van der Waals surface area contributed by atoms with Gasteiger partial charge in [-0.3, -0.25) is 14.4 Å². The number of aryl methyl sites for hydroxylation is 1. The number of hydrogen-bond acceptors (Lipinski definition) is 2. The fourth-order valence-electron chi connectivity index (χ4n) is 3.91. The molecular formula is C23H22Cl2FN3O. The zero-order valence-electron chi connectivity index (χ0n) is 16.8. The third kappa shape index (κ3) is 3.97. The van der Waals surface area contributed by atoms with Gasteiger partial charge in [0.25, 0.3) is 5.56 Å². The first kappa shape index (κ1) is 20.9. The van der Waals surface area contributed by atoms with Crippen LogP contribution in [0.1, 0.15) is 23.2 Å². The van der Waals surface area contributed by atoms with Gasteiger partial charge in [-0.05, 0) is 66.4 Å². The smallest absolute Gasteiger partial charge is 0.290 e. The molecule has 0 fully saturated rings. The van der Waals surface area contributed by atoms with Crippen LogP contribution < -0.4 is 5.56 Å². The number of halogens is 3. The maximum atomic E-state index is 13.3. The molecule has 156 valence electrons. The van der Waals surface area contributed by atoms with Gasteiger partial charge in [-0.25, -0.2) is 9.07 Å². The monoisotopic (exact) mass is 445 g/mol. The number of aromatic nitrogens is 2. The molecule has 4 nitrogen and oxygen atoms in total. The van der Waals surface area contributed by atoms with E-state index < -0.39 is 0 Å². The van der Waals surface area contributed by atoms with Crippen molar-refractivity contribution in [2.75, 3.05) is 13.1 Å². The maximum Gasteiger partial charge on any atom is 0.290 e. The summed E-state index contributed by atoms with van der Waals surface area (Å²) < 4.78 is 16.5. The normalized spacial score (nSPS) is 14.8. The molecule has 0 saturated carbocycles. The molecule has 4 rings (SSSR count). The van der Waals surface area contributed by atoms with E-state index in [1.54, 1.807) is 23.9 Å². The van der Waals surface area contributed by atoms with E-state index in [-0.39, 0.29) is 16.4 Å². The second-order valence-electron chi connectivity index (χ2n) is 7.55. The lowest BCUT2D eigenvalue weighted by Gasteiger charge is -2.27. The zero-order chi connectivity index (χ0) is 21.4. The quantitative estimate of drug-likeness (QED) is 0.550. The molecule has 0 atom stereocenters. The highest BCUT2D eigenvalue weighted by atomic mass is 35.5. The summed E-state index contributed by atoms with van der Waals surface area (Å²) in [6, 6.07) is 11.8. The van der Waals surface area contributed by atoms with Crippen LogP contribution in [-0.4, -0.2) is 27.4 Å². The van der Waals surface area contributed by atoms with Crippen LogP contribution in [0.25, 0.3) is 11.3 Å². The number of hydrogen-bond donors (Lipinski definition) is 0. The molecule has 2 aromatic carbocycles. The van der Waals surface area contributed by atoms with E-state index in [1.165, 1.54) is 33.5 Å². The molecule has 1 aliphatic rings. The van der Waals surface area contributed by atoms with Crippen LogP contribution in [0, 0.1) is 12.7 Å². The Kier molecular flexibility index (Phi) is 5.87. The second kappa shape index (κ2) is 8.42. The topological polar surface area (TPSA) is 30.2 Å². The Morgan fingerprint density at radius 1 is 1.10 bits per heavy atom. The van der Waals surface area contributed by atoms with Crippen molar-refractivity contribution in [3.8, 4) is 5.69 Å². The molecule has 0 N–H and O–H groups in total. The van der Waals surface area contributed by atoms with Crippen molar-refractivity contribution in [2.24, 2.45) is 7.05 Å². The number of rotatable bonds is 4. The highest BCUT2D eigenvalue weighted by Gasteiger charge is 2.21.